The highest BCUT2D eigenvalue weighted by molar-refractivity contribution is 7.92. The molecule has 1 aliphatic rings. The molecular weight excluding hydrogens is 520 g/mol. The third-order valence-corrected chi connectivity index (χ3v) is 6.41. The lowest BCUT2D eigenvalue weighted by Crippen LogP contribution is -2.44. The number of carbonyl (C=O) groups excluding carboxylic acids is 1. The molecule has 1 amide bonds. The van der Waals surface area contributed by atoms with Crippen molar-refractivity contribution in [3.8, 4) is 0 Å². The first-order valence-electron chi connectivity index (χ1n) is 11.2. The Hall–Kier alpha value is -3.39. The van der Waals surface area contributed by atoms with Crippen LogP contribution in [0.4, 0.5) is 28.9 Å². The van der Waals surface area contributed by atoms with E-state index in [1.54, 1.807) is 12.1 Å². The zero-order chi connectivity index (χ0) is 27.8. The number of piperazine rings is 1. The van der Waals surface area contributed by atoms with Crippen molar-refractivity contribution in [1.29, 1.82) is 0 Å². The van der Waals surface area contributed by atoms with E-state index in [-0.39, 0.29) is 17.5 Å². The van der Waals surface area contributed by atoms with E-state index in [4.69, 9.17) is 9.90 Å². The second-order valence-corrected chi connectivity index (χ2v) is 10.1. The number of rotatable bonds is 7. The molecule has 204 valence electrons. The number of halogens is 4. The van der Waals surface area contributed by atoms with Crippen LogP contribution < -0.4 is 20.3 Å². The first kappa shape index (κ1) is 29.8. The Morgan fingerprint density at radius 1 is 1.11 bits per heavy atom. The van der Waals surface area contributed by atoms with Crippen molar-refractivity contribution in [1.82, 2.24) is 10.6 Å². The van der Waals surface area contributed by atoms with Gasteiger partial charge in [-0.05, 0) is 36.2 Å². The van der Waals surface area contributed by atoms with Crippen LogP contribution in [0.2, 0.25) is 0 Å². The molecule has 14 heteroatoms. The van der Waals surface area contributed by atoms with Gasteiger partial charge in [0, 0.05) is 44.1 Å². The summed E-state index contributed by atoms with van der Waals surface area (Å²) in [4.78, 5) is 23.4. The van der Waals surface area contributed by atoms with E-state index in [1.165, 1.54) is 24.3 Å². The van der Waals surface area contributed by atoms with Crippen molar-refractivity contribution in [2.24, 2.45) is 5.92 Å². The molecule has 0 aliphatic carbocycles. The van der Waals surface area contributed by atoms with Gasteiger partial charge >= 0.3 is 12.1 Å². The van der Waals surface area contributed by atoms with Crippen molar-refractivity contribution in [2.45, 2.75) is 24.9 Å². The van der Waals surface area contributed by atoms with Gasteiger partial charge in [-0.3, -0.25) is 9.52 Å². The molecule has 0 spiro atoms. The van der Waals surface area contributed by atoms with E-state index in [9.17, 15) is 30.8 Å². The van der Waals surface area contributed by atoms with E-state index in [0.717, 1.165) is 37.9 Å². The predicted octanol–water partition coefficient (Wildman–Crippen LogP) is 3.06. The molecular formula is C23H28F4N4O5S. The van der Waals surface area contributed by atoms with Gasteiger partial charge < -0.3 is 20.6 Å². The molecule has 1 heterocycles. The number of nitrogens with zero attached hydrogens (tertiary/aromatic N) is 1. The second-order valence-electron chi connectivity index (χ2n) is 8.41. The number of benzene rings is 2. The van der Waals surface area contributed by atoms with Gasteiger partial charge in [0.15, 0.2) is 0 Å². The topological polar surface area (TPSA) is 128 Å². The molecule has 0 atom stereocenters. The molecule has 0 aromatic heterocycles. The van der Waals surface area contributed by atoms with E-state index >= 15 is 0 Å². The Balaban J connectivity index is 0.000000604. The van der Waals surface area contributed by atoms with Crippen LogP contribution in [0.3, 0.4) is 0 Å². The maximum Gasteiger partial charge on any atom is 0.490 e. The first-order valence-corrected chi connectivity index (χ1v) is 12.7. The third kappa shape index (κ3) is 8.89. The number of hydrogen-bond acceptors (Lipinski definition) is 6. The average molecular weight is 549 g/mol. The predicted molar refractivity (Wildman–Crippen MR) is 130 cm³/mol. The zero-order valence-corrected chi connectivity index (χ0v) is 20.9. The number of aliphatic carboxylic acids is 1. The van der Waals surface area contributed by atoms with Gasteiger partial charge in [-0.15, -0.1) is 0 Å². The first-order chi connectivity index (χ1) is 17.2. The van der Waals surface area contributed by atoms with Crippen LogP contribution in [0.25, 0.3) is 0 Å². The molecule has 0 unspecified atom stereocenters. The second kappa shape index (κ2) is 12.7. The number of alkyl halides is 3. The van der Waals surface area contributed by atoms with Crippen molar-refractivity contribution in [2.75, 3.05) is 42.3 Å². The standard InChI is InChI=1S/C21H27FN4O3S.C2HF3O2/c1-15(2)14-24-21(27)17-13-16(7-8-19(17)26-11-9-23-10-12-26)25-30(28,29)20-6-4-3-5-18(20)22;3-2(4,5)1(6)7/h3-8,13,15,23,25H,9-12,14H2,1-2H3,(H,24,27);(H,6,7). The van der Waals surface area contributed by atoms with Crippen LogP contribution in [-0.4, -0.2) is 64.3 Å². The summed E-state index contributed by atoms with van der Waals surface area (Å²) in [5, 5.41) is 13.3. The fourth-order valence-corrected chi connectivity index (χ4v) is 4.36. The van der Waals surface area contributed by atoms with E-state index in [2.05, 4.69) is 20.3 Å². The molecule has 0 saturated carbocycles. The summed E-state index contributed by atoms with van der Waals surface area (Å²) in [5.74, 6) is -3.59. The Bertz CT molecular complexity index is 1200. The van der Waals surface area contributed by atoms with Crippen molar-refractivity contribution >= 4 is 33.3 Å². The molecule has 3 rings (SSSR count). The SMILES string of the molecule is CC(C)CNC(=O)c1cc(NS(=O)(=O)c2ccccc2F)ccc1N1CCNCC1.O=C(O)C(F)(F)F. The molecule has 1 aliphatic heterocycles. The van der Waals surface area contributed by atoms with Crippen molar-refractivity contribution in [3.63, 3.8) is 0 Å². The monoisotopic (exact) mass is 548 g/mol. The largest absolute Gasteiger partial charge is 0.490 e. The molecule has 0 bridgehead atoms. The zero-order valence-electron chi connectivity index (χ0n) is 20.1. The van der Waals surface area contributed by atoms with Crippen molar-refractivity contribution in [3.05, 3.63) is 53.8 Å². The Morgan fingerprint density at radius 3 is 2.24 bits per heavy atom. The number of hydrogen-bond donors (Lipinski definition) is 4. The molecule has 1 saturated heterocycles. The fraction of sp³-hybridized carbons (Fsp3) is 0.391. The maximum atomic E-state index is 14.0. The molecule has 9 nitrogen and oxygen atoms in total. The number of carboxylic acid groups (broad SMARTS) is 1. The van der Waals surface area contributed by atoms with Crippen LogP contribution in [0.5, 0.6) is 0 Å². The molecule has 0 radical (unpaired) electrons. The Labute approximate surface area is 211 Å². The summed E-state index contributed by atoms with van der Waals surface area (Å²) >= 11 is 0. The highest BCUT2D eigenvalue weighted by atomic mass is 32.2. The summed E-state index contributed by atoms with van der Waals surface area (Å²) < 4.78 is 73.4. The normalized spacial score (nSPS) is 14.0. The van der Waals surface area contributed by atoms with Gasteiger partial charge in [0.1, 0.15) is 10.7 Å². The number of anilines is 2. The van der Waals surface area contributed by atoms with Gasteiger partial charge in [-0.1, -0.05) is 26.0 Å². The highest BCUT2D eigenvalue weighted by Gasteiger charge is 2.38. The van der Waals surface area contributed by atoms with Crippen LogP contribution in [0, 0.1) is 11.7 Å². The smallest absolute Gasteiger partial charge is 0.475 e. The van der Waals surface area contributed by atoms with Gasteiger partial charge in [0.2, 0.25) is 0 Å². The van der Waals surface area contributed by atoms with E-state index in [0.29, 0.717) is 12.1 Å². The van der Waals surface area contributed by atoms with Gasteiger partial charge in [0.25, 0.3) is 15.9 Å². The van der Waals surface area contributed by atoms with Crippen LogP contribution in [-0.2, 0) is 14.8 Å². The lowest BCUT2D eigenvalue weighted by atomic mass is 10.1. The lowest BCUT2D eigenvalue weighted by molar-refractivity contribution is -0.192. The minimum absolute atomic E-state index is 0.201. The number of carbonyl (C=O) groups is 2. The van der Waals surface area contributed by atoms with Crippen LogP contribution in [0.15, 0.2) is 47.4 Å². The summed E-state index contributed by atoms with van der Waals surface area (Å²) in [6.45, 7) is 7.58. The Morgan fingerprint density at radius 2 is 1.70 bits per heavy atom. The minimum Gasteiger partial charge on any atom is -0.475 e. The minimum atomic E-state index is -5.08. The van der Waals surface area contributed by atoms with Crippen LogP contribution in [0.1, 0.15) is 24.2 Å². The molecule has 2 aromatic rings. The van der Waals surface area contributed by atoms with Crippen molar-refractivity contribution < 1.29 is 40.7 Å². The van der Waals surface area contributed by atoms with Gasteiger partial charge in [-0.2, -0.15) is 13.2 Å². The lowest BCUT2D eigenvalue weighted by Gasteiger charge is -2.31. The highest BCUT2D eigenvalue weighted by Crippen LogP contribution is 2.27. The maximum absolute atomic E-state index is 14.0. The number of sulfonamides is 1. The molecule has 2 aromatic carbocycles. The van der Waals surface area contributed by atoms with E-state index < -0.39 is 32.9 Å². The number of amides is 1. The quantitative estimate of drug-likeness (QED) is 0.392. The molecule has 4 N–H and O–H groups in total. The van der Waals surface area contributed by atoms with Crippen LogP contribution >= 0.6 is 0 Å². The molecule has 1 fully saturated rings. The summed E-state index contributed by atoms with van der Waals surface area (Å²) in [6, 6.07) is 9.99. The van der Waals surface area contributed by atoms with Gasteiger partial charge in [-0.25, -0.2) is 17.6 Å². The fourth-order valence-electron chi connectivity index (χ4n) is 3.23. The van der Waals surface area contributed by atoms with E-state index in [1.807, 2.05) is 13.8 Å². The molecule has 37 heavy (non-hydrogen) atoms. The average Bonchev–Trinajstić information content (AvgIpc) is 2.82. The number of carboxylic acids is 1. The van der Waals surface area contributed by atoms with Gasteiger partial charge in [0.05, 0.1) is 5.56 Å². The number of nitrogens with one attached hydrogen (secondary N) is 3. The summed E-state index contributed by atoms with van der Waals surface area (Å²) in [5.41, 5.74) is 1.32. The summed E-state index contributed by atoms with van der Waals surface area (Å²) in [7, 11) is -4.13. The summed E-state index contributed by atoms with van der Waals surface area (Å²) in [6.07, 6.45) is -5.08. The third-order valence-electron chi connectivity index (χ3n) is 4.99. The Kier molecular flexibility index (Phi) is 10.3.